The Morgan fingerprint density at radius 1 is 1.00 bits per heavy atom. The lowest BCUT2D eigenvalue weighted by atomic mass is 9.88. The molecule has 1 aromatic carbocycles. The Kier molecular flexibility index (Phi) is 7.29. The van der Waals surface area contributed by atoms with Gasteiger partial charge >= 0.3 is 0 Å². The molecule has 0 saturated carbocycles. The molecule has 0 saturated heterocycles. The second-order valence-corrected chi connectivity index (χ2v) is 6.71. The second-order valence-electron chi connectivity index (χ2n) is 6.71. The van der Waals surface area contributed by atoms with E-state index in [4.69, 9.17) is 0 Å². The van der Waals surface area contributed by atoms with Crippen LogP contribution in [0.4, 0.5) is 0 Å². The van der Waals surface area contributed by atoms with E-state index in [1.54, 1.807) is 0 Å². The van der Waals surface area contributed by atoms with Gasteiger partial charge in [-0.1, -0.05) is 76.1 Å². The van der Waals surface area contributed by atoms with Crippen LogP contribution >= 0.6 is 0 Å². The third-order valence-corrected chi connectivity index (χ3v) is 5.02. The minimum Gasteiger partial charge on any atom is -0.388 e. The summed E-state index contributed by atoms with van der Waals surface area (Å²) in [5, 5.41) is 10.7. The van der Waals surface area contributed by atoms with Crippen molar-refractivity contribution in [2.45, 2.75) is 83.7 Å². The van der Waals surface area contributed by atoms with Crippen LogP contribution < -0.4 is 0 Å². The van der Waals surface area contributed by atoms with E-state index in [1.165, 1.54) is 75.3 Å². The average Bonchev–Trinajstić information content (AvgIpc) is 2.67. The van der Waals surface area contributed by atoms with Gasteiger partial charge in [0.05, 0.1) is 6.10 Å². The second kappa shape index (κ2) is 9.25. The van der Waals surface area contributed by atoms with Gasteiger partial charge < -0.3 is 5.11 Å². The third kappa shape index (κ3) is 5.14. The fraction of sp³-hybridized carbons (Fsp3) is 0.700. The molecule has 1 nitrogen and oxygen atoms in total. The molecular formula is C20H32O. The van der Waals surface area contributed by atoms with Crippen molar-refractivity contribution in [1.29, 1.82) is 0 Å². The van der Waals surface area contributed by atoms with E-state index < -0.39 is 0 Å². The zero-order valence-electron chi connectivity index (χ0n) is 13.7. The Hall–Kier alpha value is -0.820. The number of aliphatic hydroxyl groups is 1. The molecule has 0 amide bonds. The van der Waals surface area contributed by atoms with Gasteiger partial charge in [-0.2, -0.15) is 0 Å². The zero-order chi connectivity index (χ0) is 14.9. The molecule has 2 rings (SSSR count). The van der Waals surface area contributed by atoms with Crippen molar-refractivity contribution in [3.63, 3.8) is 0 Å². The number of benzene rings is 1. The molecule has 1 aromatic rings. The lowest BCUT2D eigenvalue weighted by Crippen LogP contribution is -2.12. The van der Waals surface area contributed by atoms with Crippen molar-refractivity contribution < 1.29 is 5.11 Å². The maximum atomic E-state index is 10.7. The van der Waals surface area contributed by atoms with Crippen LogP contribution in [0.15, 0.2) is 24.3 Å². The van der Waals surface area contributed by atoms with Gasteiger partial charge in [-0.05, 0) is 42.7 Å². The lowest BCUT2D eigenvalue weighted by molar-refractivity contribution is 0.0979. The van der Waals surface area contributed by atoms with Gasteiger partial charge in [-0.25, -0.2) is 0 Å². The highest BCUT2D eigenvalue weighted by Gasteiger charge is 2.25. The molecule has 0 radical (unpaired) electrons. The van der Waals surface area contributed by atoms with Crippen LogP contribution in [0.2, 0.25) is 0 Å². The number of hydrogen-bond acceptors (Lipinski definition) is 1. The largest absolute Gasteiger partial charge is 0.388 e. The maximum absolute atomic E-state index is 10.7. The molecular weight excluding hydrogens is 256 g/mol. The number of aryl methyl sites for hydroxylation is 1. The van der Waals surface area contributed by atoms with Crippen molar-refractivity contribution in [3.05, 3.63) is 35.4 Å². The molecule has 0 bridgehead atoms. The van der Waals surface area contributed by atoms with Crippen LogP contribution in [-0.4, -0.2) is 5.11 Å². The molecule has 118 valence electrons. The summed E-state index contributed by atoms with van der Waals surface area (Å²) >= 11 is 0. The van der Waals surface area contributed by atoms with E-state index in [9.17, 15) is 5.11 Å². The Balaban J connectivity index is 1.74. The van der Waals surface area contributed by atoms with E-state index in [2.05, 4.69) is 31.2 Å². The molecule has 21 heavy (non-hydrogen) atoms. The summed E-state index contributed by atoms with van der Waals surface area (Å²) in [6.45, 7) is 2.27. The molecule has 2 atom stereocenters. The number of unbranched alkanes of at least 4 members (excludes halogenated alkanes) is 6. The van der Waals surface area contributed by atoms with E-state index in [1.807, 2.05) is 0 Å². The normalized spacial score (nSPS) is 21.8. The number of hydrogen-bond donors (Lipinski definition) is 1. The van der Waals surface area contributed by atoms with Crippen molar-refractivity contribution in [2.24, 2.45) is 5.92 Å². The smallest absolute Gasteiger partial charge is 0.0820 e. The highest BCUT2D eigenvalue weighted by molar-refractivity contribution is 5.30. The standard InChI is InChI=1S/C20H32O/c1-2-3-4-5-6-7-8-13-18-15-11-14-17-12-9-10-16-19(17)20(18)21/h9-10,12,16,18,20-21H,2-8,11,13-15H2,1H3. The summed E-state index contributed by atoms with van der Waals surface area (Å²) in [6, 6.07) is 8.48. The summed E-state index contributed by atoms with van der Waals surface area (Å²) < 4.78 is 0. The first-order valence-electron chi connectivity index (χ1n) is 9.08. The van der Waals surface area contributed by atoms with Gasteiger partial charge in [-0.3, -0.25) is 0 Å². The van der Waals surface area contributed by atoms with Gasteiger partial charge in [0.1, 0.15) is 0 Å². The van der Waals surface area contributed by atoms with Crippen LogP contribution in [0.25, 0.3) is 0 Å². The minimum atomic E-state index is -0.233. The monoisotopic (exact) mass is 288 g/mol. The Labute approximate surface area is 130 Å². The molecule has 1 N–H and O–H groups in total. The number of fused-ring (bicyclic) bond motifs is 1. The fourth-order valence-electron chi connectivity index (χ4n) is 3.68. The molecule has 1 heteroatoms. The molecule has 0 aliphatic heterocycles. The molecule has 0 fully saturated rings. The maximum Gasteiger partial charge on any atom is 0.0820 e. The number of aliphatic hydroxyl groups excluding tert-OH is 1. The Morgan fingerprint density at radius 3 is 2.52 bits per heavy atom. The van der Waals surface area contributed by atoms with Crippen LogP contribution in [0.5, 0.6) is 0 Å². The van der Waals surface area contributed by atoms with Crippen molar-refractivity contribution >= 4 is 0 Å². The predicted molar refractivity (Wildman–Crippen MR) is 90.4 cm³/mol. The predicted octanol–water partition coefficient (Wildman–Crippen LogP) is 5.81. The number of rotatable bonds is 8. The highest BCUT2D eigenvalue weighted by atomic mass is 16.3. The quantitative estimate of drug-likeness (QED) is 0.472. The van der Waals surface area contributed by atoms with E-state index in [0.717, 1.165) is 6.42 Å². The molecule has 2 unspecified atom stereocenters. The van der Waals surface area contributed by atoms with E-state index in [0.29, 0.717) is 5.92 Å². The van der Waals surface area contributed by atoms with Crippen molar-refractivity contribution in [3.8, 4) is 0 Å². The van der Waals surface area contributed by atoms with Crippen molar-refractivity contribution in [2.75, 3.05) is 0 Å². The van der Waals surface area contributed by atoms with Gasteiger partial charge in [0, 0.05) is 0 Å². The van der Waals surface area contributed by atoms with Crippen LogP contribution in [0.1, 0.15) is 88.4 Å². The topological polar surface area (TPSA) is 20.2 Å². The molecule has 0 aromatic heterocycles. The van der Waals surface area contributed by atoms with Gasteiger partial charge in [0.2, 0.25) is 0 Å². The first kappa shape index (κ1) is 16.5. The van der Waals surface area contributed by atoms with E-state index >= 15 is 0 Å². The zero-order valence-corrected chi connectivity index (χ0v) is 13.7. The van der Waals surface area contributed by atoms with Gasteiger partial charge in [0.15, 0.2) is 0 Å². The first-order valence-corrected chi connectivity index (χ1v) is 9.08. The van der Waals surface area contributed by atoms with Crippen LogP contribution in [0.3, 0.4) is 0 Å². The summed E-state index contributed by atoms with van der Waals surface area (Å²) in [5.41, 5.74) is 2.56. The fourth-order valence-corrected chi connectivity index (χ4v) is 3.68. The summed E-state index contributed by atoms with van der Waals surface area (Å²) in [6.07, 6.45) is 14.0. The SMILES string of the molecule is CCCCCCCCCC1CCCc2ccccc2C1O. The Morgan fingerprint density at radius 2 is 1.71 bits per heavy atom. The highest BCUT2D eigenvalue weighted by Crippen LogP contribution is 2.35. The molecule has 0 spiro atoms. The minimum absolute atomic E-state index is 0.233. The van der Waals surface area contributed by atoms with Crippen molar-refractivity contribution in [1.82, 2.24) is 0 Å². The average molecular weight is 288 g/mol. The van der Waals surface area contributed by atoms with Crippen LogP contribution in [0, 0.1) is 5.92 Å². The first-order chi connectivity index (χ1) is 10.3. The lowest BCUT2D eigenvalue weighted by Gasteiger charge is -2.21. The van der Waals surface area contributed by atoms with Gasteiger partial charge in [0.25, 0.3) is 0 Å². The molecule has 1 aliphatic rings. The van der Waals surface area contributed by atoms with Gasteiger partial charge in [-0.15, -0.1) is 0 Å². The molecule has 1 aliphatic carbocycles. The summed E-state index contributed by atoms with van der Waals surface area (Å²) in [4.78, 5) is 0. The van der Waals surface area contributed by atoms with E-state index in [-0.39, 0.29) is 6.10 Å². The third-order valence-electron chi connectivity index (χ3n) is 5.02. The summed E-state index contributed by atoms with van der Waals surface area (Å²) in [5.74, 6) is 0.476. The molecule has 0 heterocycles. The van der Waals surface area contributed by atoms with Crippen LogP contribution in [-0.2, 0) is 6.42 Å². The summed E-state index contributed by atoms with van der Waals surface area (Å²) in [7, 11) is 0. The Bertz CT molecular complexity index is 399.